The minimum absolute atomic E-state index is 0.0244. The number of carboxylic acid groups (broad SMARTS) is 1. The van der Waals surface area contributed by atoms with Gasteiger partial charge in [0.2, 0.25) is 0 Å². The van der Waals surface area contributed by atoms with Gasteiger partial charge in [0.05, 0.1) is 5.92 Å². The van der Waals surface area contributed by atoms with Gasteiger partial charge >= 0.3 is 18.2 Å². The first-order chi connectivity index (χ1) is 9.78. The molecule has 21 heavy (non-hydrogen) atoms. The average Bonchev–Trinajstić information content (AvgIpc) is 2.42. The molecule has 1 aliphatic rings. The first-order valence-corrected chi connectivity index (χ1v) is 6.07. The highest BCUT2D eigenvalue weighted by Crippen LogP contribution is 2.29. The van der Waals surface area contributed by atoms with Gasteiger partial charge in [-0.25, -0.2) is 4.79 Å². The van der Waals surface area contributed by atoms with E-state index in [-0.39, 0.29) is 13.1 Å². The smallest absolute Gasteiger partial charge is 0.422 e. The maximum Gasteiger partial charge on any atom is 0.422 e. The fourth-order valence-electron chi connectivity index (χ4n) is 2.19. The summed E-state index contributed by atoms with van der Waals surface area (Å²) in [6.07, 6.45) is -5.79. The van der Waals surface area contributed by atoms with Crippen molar-refractivity contribution < 1.29 is 32.6 Å². The van der Waals surface area contributed by atoms with E-state index in [9.17, 15) is 27.9 Å². The van der Waals surface area contributed by atoms with Crippen molar-refractivity contribution >= 4 is 12.1 Å². The number of hydrogen-bond donors (Lipinski definition) is 1. The van der Waals surface area contributed by atoms with Crippen molar-refractivity contribution in [2.45, 2.75) is 18.6 Å². The molecule has 0 fully saturated rings. The largest absolute Gasteiger partial charge is 0.481 e. The van der Waals surface area contributed by atoms with Crippen LogP contribution < -0.4 is 0 Å². The number of amides is 1. The number of alkyl halides is 3. The Morgan fingerprint density at radius 3 is 2.62 bits per heavy atom. The number of hydrogen-bond acceptors (Lipinski definition) is 3. The summed E-state index contributed by atoms with van der Waals surface area (Å²) in [5.41, 5.74) is 1.14. The number of benzene rings is 1. The van der Waals surface area contributed by atoms with Gasteiger partial charge < -0.3 is 14.7 Å². The first-order valence-electron chi connectivity index (χ1n) is 6.07. The molecule has 1 N–H and O–H groups in total. The van der Waals surface area contributed by atoms with Gasteiger partial charge in [0.1, 0.15) is 0 Å². The summed E-state index contributed by atoms with van der Waals surface area (Å²) in [4.78, 5) is 23.8. The van der Waals surface area contributed by atoms with E-state index in [0.717, 1.165) is 4.90 Å². The molecule has 1 aromatic rings. The first kappa shape index (κ1) is 15.1. The quantitative estimate of drug-likeness (QED) is 0.911. The lowest BCUT2D eigenvalue weighted by molar-refractivity contribution is -0.163. The third kappa shape index (κ3) is 3.65. The topological polar surface area (TPSA) is 66.8 Å². The Labute approximate surface area is 117 Å². The fraction of sp³-hybridized carbons (Fsp3) is 0.385. The second kappa shape index (κ2) is 5.63. The number of rotatable bonds is 2. The molecule has 0 aliphatic carbocycles. The molecular formula is C13H12F3NO4. The second-order valence-electron chi connectivity index (χ2n) is 4.64. The van der Waals surface area contributed by atoms with E-state index in [1.54, 1.807) is 24.3 Å². The zero-order chi connectivity index (χ0) is 15.6. The van der Waals surface area contributed by atoms with Crippen LogP contribution in [-0.4, -0.2) is 41.4 Å². The molecule has 0 radical (unpaired) electrons. The van der Waals surface area contributed by atoms with Crippen LogP contribution in [0.3, 0.4) is 0 Å². The minimum atomic E-state index is -4.62. The van der Waals surface area contributed by atoms with Crippen LogP contribution in [0.15, 0.2) is 24.3 Å². The lowest BCUT2D eigenvalue weighted by Crippen LogP contribution is -2.41. The van der Waals surface area contributed by atoms with E-state index in [0.29, 0.717) is 11.1 Å². The summed E-state index contributed by atoms with van der Waals surface area (Å²) in [7, 11) is 0. The van der Waals surface area contributed by atoms with Gasteiger partial charge in [-0.15, -0.1) is 0 Å². The predicted octanol–water partition coefficient (Wildman–Crippen LogP) is 2.37. The highest BCUT2D eigenvalue weighted by Gasteiger charge is 2.35. The van der Waals surface area contributed by atoms with E-state index in [1.807, 2.05) is 0 Å². The number of ether oxygens (including phenoxy) is 1. The van der Waals surface area contributed by atoms with Gasteiger partial charge in [-0.1, -0.05) is 24.3 Å². The molecule has 0 spiro atoms. The maximum absolute atomic E-state index is 12.0. The third-order valence-electron chi connectivity index (χ3n) is 3.11. The summed E-state index contributed by atoms with van der Waals surface area (Å²) in [5.74, 6) is -2.12. The number of fused-ring (bicyclic) bond motifs is 1. The van der Waals surface area contributed by atoms with E-state index >= 15 is 0 Å². The van der Waals surface area contributed by atoms with Gasteiger partial charge in [0.25, 0.3) is 0 Å². The standard InChI is InChI=1S/C13H12F3NO4/c14-13(15,16)7-21-12(20)17-5-8-3-1-2-4-9(8)10(6-17)11(18)19/h1-4,10H,5-7H2,(H,18,19). The molecule has 0 saturated carbocycles. The highest BCUT2D eigenvalue weighted by molar-refractivity contribution is 5.79. The van der Waals surface area contributed by atoms with Crippen molar-refractivity contribution in [1.82, 2.24) is 4.90 Å². The number of nitrogens with zero attached hydrogens (tertiary/aromatic N) is 1. The second-order valence-corrected chi connectivity index (χ2v) is 4.64. The molecule has 0 bridgehead atoms. The molecular weight excluding hydrogens is 291 g/mol. The monoisotopic (exact) mass is 303 g/mol. The zero-order valence-electron chi connectivity index (χ0n) is 10.8. The minimum Gasteiger partial charge on any atom is -0.481 e. The number of halogens is 3. The summed E-state index contributed by atoms with van der Waals surface area (Å²) >= 11 is 0. The molecule has 1 aromatic carbocycles. The Morgan fingerprint density at radius 2 is 2.00 bits per heavy atom. The molecule has 114 valence electrons. The fourth-order valence-corrected chi connectivity index (χ4v) is 2.19. The summed E-state index contributed by atoms with van der Waals surface area (Å²) in [6.45, 7) is -1.89. The van der Waals surface area contributed by atoms with Gasteiger partial charge in [-0.05, 0) is 11.1 Å². The predicted molar refractivity (Wildman–Crippen MR) is 64.6 cm³/mol. The number of carboxylic acids is 1. The maximum atomic E-state index is 12.0. The molecule has 1 atom stereocenters. The average molecular weight is 303 g/mol. The van der Waals surface area contributed by atoms with Gasteiger partial charge in [-0.2, -0.15) is 13.2 Å². The van der Waals surface area contributed by atoms with E-state index < -0.39 is 30.8 Å². The molecule has 5 nitrogen and oxygen atoms in total. The molecule has 1 unspecified atom stereocenters. The van der Waals surface area contributed by atoms with Gasteiger partial charge in [0.15, 0.2) is 6.61 Å². The lowest BCUT2D eigenvalue weighted by atomic mass is 9.90. The Balaban J connectivity index is 2.14. The number of aliphatic carboxylic acids is 1. The Kier molecular flexibility index (Phi) is 4.06. The van der Waals surface area contributed by atoms with Gasteiger partial charge in [0, 0.05) is 13.1 Å². The molecule has 0 aromatic heterocycles. The van der Waals surface area contributed by atoms with Crippen LogP contribution in [-0.2, 0) is 16.1 Å². The van der Waals surface area contributed by atoms with Crippen LogP contribution in [0.1, 0.15) is 17.0 Å². The van der Waals surface area contributed by atoms with Crippen molar-refractivity contribution in [3.8, 4) is 0 Å². The molecule has 8 heteroatoms. The van der Waals surface area contributed by atoms with Crippen molar-refractivity contribution in [3.05, 3.63) is 35.4 Å². The van der Waals surface area contributed by atoms with E-state index in [2.05, 4.69) is 4.74 Å². The van der Waals surface area contributed by atoms with Crippen LogP contribution in [0.2, 0.25) is 0 Å². The normalized spacial score (nSPS) is 18.0. The molecule has 1 amide bonds. The summed E-state index contributed by atoms with van der Waals surface area (Å²) in [5, 5.41) is 9.18. The number of carbonyl (C=O) groups is 2. The summed E-state index contributed by atoms with van der Waals surface area (Å²) < 4.78 is 40.3. The van der Waals surface area contributed by atoms with Crippen LogP contribution in [0.5, 0.6) is 0 Å². The third-order valence-corrected chi connectivity index (χ3v) is 3.11. The summed E-state index contributed by atoms with van der Waals surface area (Å²) in [6, 6.07) is 6.61. The molecule has 1 heterocycles. The van der Waals surface area contributed by atoms with Crippen LogP contribution in [0.25, 0.3) is 0 Å². The van der Waals surface area contributed by atoms with Crippen LogP contribution in [0.4, 0.5) is 18.0 Å². The van der Waals surface area contributed by atoms with Crippen LogP contribution in [0, 0.1) is 0 Å². The molecule has 0 saturated heterocycles. The highest BCUT2D eigenvalue weighted by atomic mass is 19.4. The molecule has 1 aliphatic heterocycles. The lowest BCUT2D eigenvalue weighted by Gasteiger charge is -2.32. The van der Waals surface area contributed by atoms with Crippen molar-refractivity contribution in [1.29, 1.82) is 0 Å². The van der Waals surface area contributed by atoms with E-state index in [4.69, 9.17) is 0 Å². The van der Waals surface area contributed by atoms with Crippen molar-refractivity contribution in [2.75, 3.05) is 13.2 Å². The Hall–Kier alpha value is -2.25. The number of carbonyl (C=O) groups excluding carboxylic acids is 1. The van der Waals surface area contributed by atoms with E-state index in [1.165, 1.54) is 0 Å². The Morgan fingerprint density at radius 1 is 1.33 bits per heavy atom. The van der Waals surface area contributed by atoms with Gasteiger partial charge in [-0.3, -0.25) is 4.79 Å². The zero-order valence-corrected chi connectivity index (χ0v) is 10.8. The van der Waals surface area contributed by atoms with Crippen LogP contribution >= 0.6 is 0 Å². The van der Waals surface area contributed by atoms with Crippen molar-refractivity contribution in [3.63, 3.8) is 0 Å². The molecule has 2 rings (SSSR count). The SMILES string of the molecule is O=C(O)C1CN(C(=O)OCC(F)(F)F)Cc2ccccc21. The van der Waals surface area contributed by atoms with Crippen molar-refractivity contribution in [2.24, 2.45) is 0 Å². The Bertz CT molecular complexity index is 559.